The number of hydrogen-bond donors (Lipinski definition) is 0. The molecular weight excluding hydrogens is 280 g/mol. The van der Waals surface area contributed by atoms with Gasteiger partial charge in [-0.25, -0.2) is 0 Å². The Labute approximate surface area is 128 Å². The highest BCUT2D eigenvalue weighted by Gasteiger charge is 2.32. The maximum absolute atomic E-state index is 11.7. The lowest BCUT2D eigenvalue weighted by atomic mass is 9.95. The van der Waals surface area contributed by atoms with Crippen molar-refractivity contribution >= 4 is 14.3 Å². The van der Waals surface area contributed by atoms with Crippen molar-refractivity contribution in [1.82, 2.24) is 0 Å². The Kier molecular flexibility index (Phi) is 5.22. The molecule has 4 heteroatoms. The Morgan fingerprint density at radius 1 is 1.19 bits per heavy atom. The van der Waals surface area contributed by atoms with Gasteiger partial charge in [0.25, 0.3) is 0 Å². The zero-order valence-corrected chi connectivity index (χ0v) is 14.5. The molecule has 0 amide bonds. The fraction of sp³-hybridized carbons (Fsp3) is 0.588. The summed E-state index contributed by atoms with van der Waals surface area (Å²) in [6, 6.07) is 0. The second-order valence-electron chi connectivity index (χ2n) is 6.73. The predicted molar refractivity (Wildman–Crippen MR) is 87.5 cm³/mol. The molecule has 0 unspecified atom stereocenters. The van der Waals surface area contributed by atoms with Crippen LogP contribution in [0.2, 0.25) is 19.6 Å². The minimum atomic E-state index is -1.48. The number of esters is 1. The Bertz CT molecular complexity index is 483. The summed E-state index contributed by atoms with van der Waals surface area (Å²) in [5, 5.41) is 0. The lowest BCUT2D eigenvalue weighted by molar-refractivity contribution is -0.139. The van der Waals surface area contributed by atoms with Gasteiger partial charge in [0, 0.05) is 6.61 Å². The molecule has 116 valence electrons. The van der Waals surface area contributed by atoms with Gasteiger partial charge in [-0.2, -0.15) is 0 Å². The van der Waals surface area contributed by atoms with Gasteiger partial charge >= 0.3 is 5.97 Å². The highest BCUT2D eigenvalue weighted by Crippen LogP contribution is 2.43. The number of carbonyl (C=O) groups is 1. The fourth-order valence-corrected chi connectivity index (χ4v) is 3.82. The minimum Gasteiger partial charge on any atom is -0.469 e. The molecule has 0 aromatic carbocycles. The summed E-state index contributed by atoms with van der Waals surface area (Å²) in [7, 11) is -0.0216. The van der Waals surface area contributed by atoms with Gasteiger partial charge in [-0.05, 0) is 44.3 Å². The summed E-state index contributed by atoms with van der Waals surface area (Å²) in [5.41, 5.74) is 2.65. The van der Waals surface area contributed by atoms with Crippen molar-refractivity contribution in [2.45, 2.75) is 38.9 Å². The lowest BCUT2D eigenvalue weighted by Crippen LogP contribution is -2.26. The second-order valence-corrected chi connectivity index (χ2v) is 11.2. The zero-order valence-electron chi connectivity index (χ0n) is 13.5. The number of allylic oxidation sites excluding steroid dienone is 4. The Morgan fingerprint density at radius 2 is 1.81 bits per heavy atom. The molecule has 2 atom stereocenters. The van der Waals surface area contributed by atoms with Crippen LogP contribution >= 0.6 is 0 Å². The molecule has 0 saturated carbocycles. The van der Waals surface area contributed by atoms with E-state index in [1.54, 1.807) is 0 Å². The average Bonchev–Trinajstić information content (AvgIpc) is 2.60. The van der Waals surface area contributed by atoms with Crippen molar-refractivity contribution in [3.05, 3.63) is 35.5 Å². The highest BCUT2D eigenvalue weighted by atomic mass is 28.4. The molecule has 0 aromatic heterocycles. The van der Waals surface area contributed by atoms with Gasteiger partial charge in [-0.1, -0.05) is 35.5 Å². The second kappa shape index (κ2) is 6.75. The number of rotatable bonds is 6. The van der Waals surface area contributed by atoms with Crippen molar-refractivity contribution in [1.29, 1.82) is 0 Å². The van der Waals surface area contributed by atoms with Gasteiger partial charge in [0.1, 0.15) is 0 Å². The molecular formula is C17H26O3Si. The van der Waals surface area contributed by atoms with Crippen molar-refractivity contribution in [3.63, 3.8) is 0 Å². The van der Waals surface area contributed by atoms with E-state index in [4.69, 9.17) is 9.16 Å². The summed E-state index contributed by atoms with van der Waals surface area (Å²) in [6.07, 6.45) is 11.1. The molecule has 0 radical (unpaired) electrons. The van der Waals surface area contributed by atoms with Crippen LogP contribution in [0.5, 0.6) is 0 Å². The third-order valence-electron chi connectivity index (χ3n) is 4.08. The normalized spacial score (nSPS) is 24.4. The first-order valence-electron chi connectivity index (χ1n) is 7.68. The van der Waals surface area contributed by atoms with E-state index in [-0.39, 0.29) is 5.97 Å². The first-order chi connectivity index (χ1) is 9.90. The molecule has 0 aromatic rings. The van der Waals surface area contributed by atoms with Crippen molar-refractivity contribution in [3.8, 4) is 0 Å². The van der Waals surface area contributed by atoms with Crippen LogP contribution in [0.15, 0.2) is 35.5 Å². The van der Waals surface area contributed by atoms with E-state index >= 15 is 0 Å². The highest BCUT2D eigenvalue weighted by molar-refractivity contribution is 6.69. The van der Waals surface area contributed by atoms with Crippen molar-refractivity contribution in [2.75, 3.05) is 13.7 Å². The quantitative estimate of drug-likeness (QED) is 0.425. The van der Waals surface area contributed by atoms with Crippen LogP contribution in [0, 0.1) is 11.8 Å². The van der Waals surface area contributed by atoms with Crippen LogP contribution in [0.1, 0.15) is 19.3 Å². The van der Waals surface area contributed by atoms with E-state index in [1.165, 1.54) is 18.3 Å². The lowest BCUT2D eigenvalue weighted by Gasteiger charge is -2.19. The summed E-state index contributed by atoms with van der Waals surface area (Å²) in [4.78, 5) is 11.7. The number of hydrogen-bond acceptors (Lipinski definition) is 3. The molecule has 0 saturated heterocycles. The van der Waals surface area contributed by atoms with Gasteiger partial charge in [0.05, 0.1) is 13.5 Å². The van der Waals surface area contributed by atoms with E-state index in [9.17, 15) is 4.79 Å². The van der Waals surface area contributed by atoms with E-state index in [1.807, 2.05) is 0 Å². The van der Waals surface area contributed by atoms with Crippen LogP contribution in [0.3, 0.4) is 0 Å². The first kappa shape index (κ1) is 16.2. The Balaban J connectivity index is 2.13. The van der Waals surface area contributed by atoms with Crippen LogP contribution in [-0.4, -0.2) is 28.0 Å². The molecule has 21 heavy (non-hydrogen) atoms. The fourth-order valence-electron chi connectivity index (χ4n) is 3.11. The largest absolute Gasteiger partial charge is 0.469 e. The maximum atomic E-state index is 11.7. The van der Waals surface area contributed by atoms with Crippen molar-refractivity contribution < 1.29 is 14.0 Å². The third kappa shape index (κ3) is 4.42. The van der Waals surface area contributed by atoms with Gasteiger partial charge < -0.3 is 9.16 Å². The third-order valence-corrected chi connectivity index (χ3v) is 5.15. The smallest absolute Gasteiger partial charge is 0.309 e. The van der Waals surface area contributed by atoms with Crippen LogP contribution in [0.25, 0.3) is 0 Å². The van der Waals surface area contributed by atoms with Crippen molar-refractivity contribution in [2.24, 2.45) is 11.8 Å². The minimum absolute atomic E-state index is 0.141. The average molecular weight is 306 g/mol. The Morgan fingerprint density at radius 3 is 2.38 bits per heavy atom. The summed E-state index contributed by atoms with van der Waals surface area (Å²) in [5.74, 6) is 0.693. The molecule has 0 N–H and O–H groups in total. The van der Waals surface area contributed by atoms with Gasteiger partial charge in [-0.15, -0.1) is 0 Å². The molecule has 2 aliphatic carbocycles. The predicted octanol–water partition coefficient (Wildman–Crippen LogP) is 3.85. The number of carbonyl (C=O) groups excluding carboxylic acids is 1. The van der Waals surface area contributed by atoms with Gasteiger partial charge in [-0.3, -0.25) is 4.79 Å². The van der Waals surface area contributed by atoms with Gasteiger partial charge in [0.15, 0.2) is 8.32 Å². The van der Waals surface area contributed by atoms with E-state index in [0.29, 0.717) is 18.3 Å². The Hall–Kier alpha value is -1.13. The molecule has 2 aliphatic rings. The summed E-state index contributed by atoms with van der Waals surface area (Å²) in [6.45, 7) is 7.38. The molecule has 0 aliphatic heterocycles. The molecule has 2 bridgehead atoms. The van der Waals surface area contributed by atoms with Crippen LogP contribution in [0.4, 0.5) is 0 Å². The van der Waals surface area contributed by atoms with Gasteiger partial charge in [0.2, 0.25) is 0 Å². The monoisotopic (exact) mass is 306 g/mol. The maximum Gasteiger partial charge on any atom is 0.309 e. The molecule has 3 nitrogen and oxygen atoms in total. The summed E-state index contributed by atoms with van der Waals surface area (Å²) >= 11 is 0. The first-order valence-corrected chi connectivity index (χ1v) is 11.1. The van der Waals surface area contributed by atoms with E-state index < -0.39 is 8.32 Å². The standard InChI is InChI=1S/C17H26O3Si/c1-19-17(18)12-16-14-8-6-5-7-13(11-14)15(16)9-10-20-21(2,3)4/h5-8,13-14H,9-12H2,1-4H3/t13-,14+/m0/s1. The molecule has 0 spiro atoms. The molecule has 2 rings (SSSR count). The molecule has 0 fully saturated rings. The number of ether oxygens (including phenoxy) is 1. The van der Waals surface area contributed by atoms with Crippen LogP contribution < -0.4 is 0 Å². The zero-order chi connectivity index (χ0) is 15.5. The SMILES string of the molecule is COC(=O)CC1=C(CCO[Si](C)(C)C)[C@H]2C=CC=C[C@@H]1C2. The van der Waals surface area contributed by atoms with E-state index in [0.717, 1.165) is 19.4 Å². The van der Waals surface area contributed by atoms with Crippen LogP contribution in [-0.2, 0) is 14.0 Å². The molecule has 0 heterocycles. The topological polar surface area (TPSA) is 35.5 Å². The van der Waals surface area contributed by atoms with E-state index in [2.05, 4.69) is 43.9 Å². The number of methoxy groups -OCH3 is 1. The number of fused-ring (bicyclic) bond motifs is 2. The summed E-state index contributed by atoms with van der Waals surface area (Å²) < 4.78 is 10.9.